The zero-order valence-electron chi connectivity index (χ0n) is 14.7. The summed E-state index contributed by atoms with van der Waals surface area (Å²) in [5, 5.41) is 13.8. The van der Waals surface area contributed by atoms with E-state index in [0.717, 1.165) is 43.0 Å². The van der Waals surface area contributed by atoms with Crippen LogP contribution >= 0.6 is 23.1 Å². The van der Waals surface area contributed by atoms with Gasteiger partial charge < -0.3 is 4.40 Å². The summed E-state index contributed by atoms with van der Waals surface area (Å²) in [6.45, 7) is 0. The minimum absolute atomic E-state index is 0.681. The van der Waals surface area contributed by atoms with Crippen LogP contribution in [0.1, 0.15) is 11.1 Å². The number of benzene rings is 1. The van der Waals surface area contributed by atoms with E-state index >= 15 is 0 Å². The third kappa shape index (κ3) is 2.85. The summed E-state index contributed by atoms with van der Waals surface area (Å²) in [6, 6.07) is 18.6. The van der Waals surface area contributed by atoms with Gasteiger partial charge in [-0.15, -0.1) is 23.1 Å². The highest BCUT2D eigenvalue weighted by Crippen LogP contribution is 2.39. The second-order valence-corrected chi connectivity index (χ2v) is 8.12. The molecule has 0 aliphatic heterocycles. The molecular weight excluding hydrogens is 384 g/mol. The minimum Gasteiger partial charge on any atom is -0.322 e. The fraction of sp³-hybridized carbons (Fsp3) is 0.0455. The summed E-state index contributed by atoms with van der Waals surface area (Å²) in [5.41, 5.74) is 5.01. The molecule has 0 atom stereocenters. The normalized spacial score (nSPS) is 11.1. The molecular formula is C22H14N4S2. The Morgan fingerprint density at radius 2 is 1.93 bits per heavy atom. The molecule has 0 radical (unpaired) electrons. The average molecular weight is 399 g/mol. The van der Waals surface area contributed by atoms with Gasteiger partial charge in [0, 0.05) is 29.1 Å². The summed E-state index contributed by atoms with van der Waals surface area (Å²) in [6.07, 6.45) is 5.63. The van der Waals surface area contributed by atoms with Crippen LogP contribution in [0.25, 0.3) is 26.9 Å². The molecule has 0 spiro atoms. The molecule has 6 heteroatoms. The molecule has 0 N–H and O–H groups in total. The maximum absolute atomic E-state index is 9.64. The van der Waals surface area contributed by atoms with Crippen molar-refractivity contribution in [2.24, 2.45) is 0 Å². The van der Waals surface area contributed by atoms with Gasteiger partial charge in [-0.1, -0.05) is 36.4 Å². The highest BCUT2D eigenvalue weighted by Gasteiger charge is 2.15. The average Bonchev–Trinajstić information content (AvgIpc) is 3.34. The Labute approximate surface area is 170 Å². The lowest BCUT2D eigenvalue weighted by Gasteiger charge is -2.05. The number of nitrogens with zero attached hydrogens (tertiary/aromatic N) is 4. The molecule has 0 saturated carbocycles. The van der Waals surface area contributed by atoms with Gasteiger partial charge in [0.1, 0.15) is 22.3 Å². The first kappa shape index (κ1) is 17.0. The smallest absolute Gasteiger partial charge is 0.128 e. The van der Waals surface area contributed by atoms with Crippen LogP contribution < -0.4 is 0 Å². The molecule has 0 aliphatic carbocycles. The number of pyridine rings is 1. The number of fused-ring (bicyclic) bond motifs is 2. The van der Waals surface area contributed by atoms with Gasteiger partial charge in [-0.2, -0.15) is 5.26 Å². The molecule has 28 heavy (non-hydrogen) atoms. The van der Waals surface area contributed by atoms with Crippen molar-refractivity contribution in [1.82, 2.24) is 14.4 Å². The van der Waals surface area contributed by atoms with E-state index in [2.05, 4.69) is 33.5 Å². The molecule has 0 fully saturated rings. The first-order valence-corrected chi connectivity index (χ1v) is 10.6. The Balaban J connectivity index is 1.55. The maximum atomic E-state index is 9.64. The van der Waals surface area contributed by atoms with E-state index in [1.165, 1.54) is 0 Å². The number of aromatic nitrogens is 3. The molecule has 0 unspecified atom stereocenters. The Hall–Kier alpha value is -3.14. The van der Waals surface area contributed by atoms with Crippen molar-refractivity contribution in [1.29, 1.82) is 5.26 Å². The molecule has 5 aromatic rings. The van der Waals surface area contributed by atoms with Gasteiger partial charge in [-0.3, -0.25) is 0 Å². The number of thioether (sulfide) groups is 1. The highest BCUT2D eigenvalue weighted by molar-refractivity contribution is 7.98. The number of nitriles is 1. The highest BCUT2D eigenvalue weighted by atomic mass is 32.2. The molecule has 0 saturated heterocycles. The van der Waals surface area contributed by atoms with E-state index in [1.54, 1.807) is 29.4 Å². The zero-order chi connectivity index (χ0) is 18.9. The van der Waals surface area contributed by atoms with Crippen molar-refractivity contribution in [2.45, 2.75) is 10.8 Å². The fourth-order valence-corrected chi connectivity index (χ4v) is 5.31. The van der Waals surface area contributed by atoms with Crippen molar-refractivity contribution >= 4 is 38.8 Å². The molecule has 0 amide bonds. The second-order valence-electron chi connectivity index (χ2n) is 6.30. The van der Waals surface area contributed by atoms with Crippen molar-refractivity contribution in [3.8, 4) is 17.2 Å². The largest absolute Gasteiger partial charge is 0.322 e. The van der Waals surface area contributed by atoms with Gasteiger partial charge in [0.05, 0.1) is 16.5 Å². The van der Waals surface area contributed by atoms with E-state index in [1.807, 2.05) is 53.2 Å². The summed E-state index contributed by atoms with van der Waals surface area (Å²) >= 11 is 3.29. The van der Waals surface area contributed by atoms with Crippen molar-refractivity contribution < 1.29 is 0 Å². The topological polar surface area (TPSA) is 54.0 Å². The predicted octanol–water partition coefficient (Wildman–Crippen LogP) is 5.77. The van der Waals surface area contributed by atoms with Crippen molar-refractivity contribution in [3.63, 3.8) is 0 Å². The van der Waals surface area contributed by atoms with E-state index in [0.29, 0.717) is 5.75 Å². The summed E-state index contributed by atoms with van der Waals surface area (Å²) < 4.78 is 2.00. The summed E-state index contributed by atoms with van der Waals surface area (Å²) in [4.78, 5) is 9.99. The van der Waals surface area contributed by atoms with E-state index < -0.39 is 0 Å². The fourth-order valence-electron chi connectivity index (χ4n) is 3.35. The van der Waals surface area contributed by atoms with E-state index in [4.69, 9.17) is 0 Å². The summed E-state index contributed by atoms with van der Waals surface area (Å²) in [5.74, 6) is 0.681. The SMILES string of the molecule is N#Cc1c(CSc2ncnc3scc(-c4ccccc4)c23)cn2ccccc12. The van der Waals surface area contributed by atoms with Crippen molar-refractivity contribution in [2.75, 3.05) is 0 Å². The minimum atomic E-state index is 0.681. The van der Waals surface area contributed by atoms with Crippen LogP contribution in [0.15, 0.2) is 77.7 Å². The van der Waals surface area contributed by atoms with Crippen LogP contribution in [-0.4, -0.2) is 14.4 Å². The first-order valence-electron chi connectivity index (χ1n) is 8.74. The number of rotatable bonds is 4. The number of hydrogen-bond acceptors (Lipinski definition) is 5. The molecule has 1 aromatic carbocycles. The lowest BCUT2D eigenvalue weighted by atomic mass is 10.1. The first-order chi connectivity index (χ1) is 13.8. The van der Waals surface area contributed by atoms with Crippen LogP contribution in [-0.2, 0) is 5.75 Å². The Bertz CT molecular complexity index is 1330. The third-order valence-corrected chi connectivity index (χ3v) is 6.58. The van der Waals surface area contributed by atoms with E-state index in [9.17, 15) is 5.26 Å². The van der Waals surface area contributed by atoms with Crippen LogP contribution in [0.4, 0.5) is 0 Å². The standard InChI is InChI=1S/C22H14N4S2/c23-10-17-16(11-26-9-5-4-8-19(17)26)12-27-21-20-18(15-6-2-1-3-7-15)13-28-22(20)25-14-24-21/h1-9,11,13-14H,12H2. The Morgan fingerprint density at radius 1 is 1.07 bits per heavy atom. The summed E-state index contributed by atoms with van der Waals surface area (Å²) in [7, 11) is 0. The van der Waals surface area contributed by atoms with Gasteiger partial charge in [0.2, 0.25) is 0 Å². The van der Waals surface area contributed by atoms with Gasteiger partial charge in [-0.05, 0) is 23.3 Å². The van der Waals surface area contributed by atoms with Crippen molar-refractivity contribution in [3.05, 3.63) is 83.8 Å². The van der Waals surface area contributed by atoms with E-state index in [-0.39, 0.29) is 0 Å². The molecule has 4 heterocycles. The molecule has 0 bridgehead atoms. The Morgan fingerprint density at radius 3 is 2.79 bits per heavy atom. The number of thiophene rings is 1. The molecule has 4 nitrogen and oxygen atoms in total. The van der Waals surface area contributed by atoms with Gasteiger partial charge >= 0.3 is 0 Å². The predicted molar refractivity (Wildman–Crippen MR) is 115 cm³/mol. The maximum Gasteiger partial charge on any atom is 0.128 e. The lowest BCUT2D eigenvalue weighted by molar-refractivity contribution is 1.11. The van der Waals surface area contributed by atoms with Gasteiger partial charge in [0.25, 0.3) is 0 Å². The molecule has 0 aliphatic rings. The number of hydrogen-bond donors (Lipinski definition) is 0. The quantitative estimate of drug-likeness (QED) is 0.285. The van der Waals surface area contributed by atoms with Crippen LogP contribution in [0, 0.1) is 11.3 Å². The second kappa shape index (κ2) is 7.12. The molecule has 5 rings (SSSR count). The molecule has 4 aromatic heterocycles. The van der Waals surface area contributed by atoms with Gasteiger partial charge in [-0.25, -0.2) is 9.97 Å². The monoisotopic (exact) mass is 398 g/mol. The Kier molecular flexibility index (Phi) is 4.32. The van der Waals surface area contributed by atoms with Crippen LogP contribution in [0.5, 0.6) is 0 Å². The van der Waals surface area contributed by atoms with Crippen LogP contribution in [0.2, 0.25) is 0 Å². The third-order valence-electron chi connectivity index (χ3n) is 4.66. The zero-order valence-corrected chi connectivity index (χ0v) is 16.4. The molecule has 134 valence electrons. The lowest BCUT2D eigenvalue weighted by Crippen LogP contribution is -1.88. The van der Waals surface area contributed by atoms with Gasteiger partial charge in [0.15, 0.2) is 0 Å². The van der Waals surface area contributed by atoms with Crippen LogP contribution in [0.3, 0.4) is 0 Å².